The van der Waals surface area contributed by atoms with Gasteiger partial charge in [0.2, 0.25) is 15.9 Å². The third-order valence-corrected chi connectivity index (χ3v) is 4.06. The number of carbonyl (C=O) groups excluding carboxylic acids is 1. The molecule has 0 aromatic rings. The van der Waals surface area contributed by atoms with Crippen LogP contribution < -0.4 is 5.32 Å². The third-order valence-electron chi connectivity index (χ3n) is 2.76. The van der Waals surface area contributed by atoms with Gasteiger partial charge in [0, 0.05) is 26.1 Å². The summed E-state index contributed by atoms with van der Waals surface area (Å²) >= 11 is 0. The van der Waals surface area contributed by atoms with Gasteiger partial charge in [-0.1, -0.05) is 13.8 Å². The summed E-state index contributed by atoms with van der Waals surface area (Å²) in [4.78, 5) is 13.5. The van der Waals surface area contributed by atoms with Crippen LogP contribution in [0.1, 0.15) is 26.7 Å². The van der Waals surface area contributed by atoms with E-state index in [9.17, 15) is 13.2 Å². The fraction of sp³-hybridized carbons (Fsp3) is 0.923. The maximum atomic E-state index is 11.7. The quantitative estimate of drug-likeness (QED) is 0.633. The molecular formula is C13H29N3O3S. The molecule has 0 aromatic heterocycles. The molecule has 0 aliphatic heterocycles. The Balaban J connectivity index is 4.15. The number of hydrogen-bond donors (Lipinski definition) is 1. The number of rotatable bonds is 10. The smallest absolute Gasteiger partial charge is 0.220 e. The molecule has 6 nitrogen and oxygen atoms in total. The minimum Gasteiger partial charge on any atom is -0.355 e. The Hall–Kier alpha value is -0.660. The summed E-state index contributed by atoms with van der Waals surface area (Å²) in [5, 5.41) is 2.76. The molecule has 0 spiro atoms. The summed E-state index contributed by atoms with van der Waals surface area (Å²) in [6.45, 7) is 5.97. The van der Waals surface area contributed by atoms with Crippen LogP contribution >= 0.6 is 0 Å². The van der Waals surface area contributed by atoms with Crippen LogP contribution in [0, 0.1) is 5.92 Å². The van der Waals surface area contributed by atoms with Crippen LogP contribution in [0.25, 0.3) is 0 Å². The van der Waals surface area contributed by atoms with E-state index in [-0.39, 0.29) is 5.91 Å². The Labute approximate surface area is 123 Å². The van der Waals surface area contributed by atoms with E-state index in [4.69, 9.17) is 0 Å². The van der Waals surface area contributed by atoms with Gasteiger partial charge >= 0.3 is 0 Å². The highest BCUT2D eigenvalue weighted by Gasteiger charge is 2.16. The maximum absolute atomic E-state index is 11.7. The third kappa shape index (κ3) is 10.2. The van der Waals surface area contributed by atoms with Crippen molar-refractivity contribution in [2.75, 3.05) is 46.5 Å². The minimum atomic E-state index is -3.22. The van der Waals surface area contributed by atoms with Crippen molar-refractivity contribution in [3.05, 3.63) is 0 Å². The number of nitrogens with one attached hydrogen (secondary N) is 1. The summed E-state index contributed by atoms with van der Waals surface area (Å²) in [5.41, 5.74) is 0. The first-order chi connectivity index (χ1) is 9.12. The monoisotopic (exact) mass is 307 g/mol. The topological polar surface area (TPSA) is 69.7 Å². The average Bonchev–Trinajstić information content (AvgIpc) is 2.23. The van der Waals surface area contributed by atoms with Crippen molar-refractivity contribution in [2.24, 2.45) is 5.92 Å². The van der Waals surface area contributed by atoms with Crippen molar-refractivity contribution in [2.45, 2.75) is 26.7 Å². The Morgan fingerprint density at radius 3 is 2.20 bits per heavy atom. The number of carbonyl (C=O) groups is 1. The van der Waals surface area contributed by atoms with E-state index in [1.54, 1.807) is 0 Å². The second kappa shape index (κ2) is 9.31. The largest absolute Gasteiger partial charge is 0.355 e. The Kier molecular flexibility index (Phi) is 9.00. The molecule has 0 saturated heterocycles. The summed E-state index contributed by atoms with van der Waals surface area (Å²) < 4.78 is 24.7. The van der Waals surface area contributed by atoms with Gasteiger partial charge in [0.05, 0.1) is 6.26 Å². The van der Waals surface area contributed by atoms with Gasteiger partial charge in [0.15, 0.2) is 0 Å². The Morgan fingerprint density at radius 2 is 1.75 bits per heavy atom. The van der Waals surface area contributed by atoms with Crippen LogP contribution in [-0.4, -0.2) is 70.1 Å². The summed E-state index contributed by atoms with van der Waals surface area (Å²) in [6, 6.07) is 0. The first kappa shape index (κ1) is 19.3. The van der Waals surface area contributed by atoms with Crippen LogP contribution in [0.15, 0.2) is 0 Å². The summed E-state index contributed by atoms with van der Waals surface area (Å²) in [6.07, 6.45) is 2.46. The first-order valence-electron chi connectivity index (χ1n) is 6.99. The first-order valence-corrected chi connectivity index (χ1v) is 8.84. The van der Waals surface area contributed by atoms with Gasteiger partial charge < -0.3 is 10.2 Å². The Bertz CT molecular complexity index is 380. The molecule has 0 heterocycles. The molecule has 120 valence electrons. The number of sulfonamides is 1. The maximum Gasteiger partial charge on any atom is 0.220 e. The number of hydrogen-bond acceptors (Lipinski definition) is 4. The van der Waals surface area contributed by atoms with E-state index >= 15 is 0 Å². The molecule has 0 rings (SSSR count). The molecule has 0 saturated carbocycles. The standard InChI is InChI=1S/C13H29N3O3S/c1-12(2)11-13(17)14-7-10-16(20(5,18)19)9-6-8-15(3)4/h12H,6-11H2,1-5H3,(H,14,17). The van der Waals surface area contributed by atoms with Crippen molar-refractivity contribution in [3.63, 3.8) is 0 Å². The van der Waals surface area contributed by atoms with Crippen LogP contribution in [0.3, 0.4) is 0 Å². The van der Waals surface area contributed by atoms with Crippen LogP contribution in [-0.2, 0) is 14.8 Å². The zero-order chi connectivity index (χ0) is 15.8. The lowest BCUT2D eigenvalue weighted by Crippen LogP contribution is -2.39. The molecule has 0 unspecified atom stereocenters. The SMILES string of the molecule is CC(C)CC(=O)NCCN(CCCN(C)C)S(C)(=O)=O. The molecule has 0 fully saturated rings. The summed E-state index contributed by atoms with van der Waals surface area (Å²) in [5.74, 6) is 0.280. The number of nitrogens with zero attached hydrogens (tertiary/aromatic N) is 2. The molecule has 0 radical (unpaired) electrons. The molecule has 0 aliphatic carbocycles. The summed E-state index contributed by atoms with van der Waals surface area (Å²) in [7, 11) is 0.690. The predicted octanol–water partition coefficient (Wildman–Crippen LogP) is 0.362. The normalized spacial score (nSPS) is 12.4. The number of amides is 1. The van der Waals surface area contributed by atoms with Gasteiger partial charge in [0.1, 0.15) is 0 Å². The lowest BCUT2D eigenvalue weighted by molar-refractivity contribution is -0.121. The van der Waals surface area contributed by atoms with Gasteiger partial charge in [-0.25, -0.2) is 12.7 Å². The molecule has 20 heavy (non-hydrogen) atoms. The van der Waals surface area contributed by atoms with E-state index in [1.807, 2.05) is 32.8 Å². The fourth-order valence-corrected chi connectivity index (χ4v) is 2.65. The van der Waals surface area contributed by atoms with Gasteiger partial charge in [-0.3, -0.25) is 4.79 Å². The van der Waals surface area contributed by atoms with Crippen molar-refractivity contribution in [1.29, 1.82) is 0 Å². The highest BCUT2D eigenvalue weighted by Crippen LogP contribution is 2.01. The second-order valence-corrected chi connectivity index (χ2v) is 7.75. The molecule has 0 aliphatic rings. The lowest BCUT2D eigenvalue weighted by atomic mass is 10.1. The van der Waals surface area contributed by atoms with Crippen LogP contribution in [0.2, 0.25) is 0 Å². The molecule has 7 heteroatoms. The fourth-order valence-electron chi connectivity index (χ4n) is 1.77. The molecule has 1 amide bonds. The van der Waals surface area contributed by atoms with Gasteiger partial charge in [-0.2, -0.15) is 0 Å². The van der Waals surface area contributed by atoms with Crippen molar-refractivity contribution in [1.82, 2.24) is 14.5 Å². The average molecular weight is 307 g/mol. The van der Waals surface area contributed by atoms with Crippen LogP contribution in [0.4, 0.5) is 0 Å². The van der Waals surface area contributed by atoms with E-state index in [0.29, 0.717) is 32.0 Å². The predicted molar refractivity (Wildman–Crippen MR) is 82.1 cm³/mol. The zero-order valence-electron chi connectivity index (χ0n) is 13.3. The molecule has 1 N–H and O–H groups in total. The van der Waals surface area contributed by atoms with Crippen molar-refractivity contribution in [3.8, 4) is 0 Å². The van der Waals surface area contributed by atoms with Crippen molar-refractivity contribution >= 4 is 15.9 Å². The Morgan fingerprint density at radius 1 is 1.15 bits per heavy atom. The second-order valence-electron chi connectivity index (χ2n) is 5.77. The highest BCUT2D eigenvalue weighted by atomic mass is 32.2. The van der Waals surface area contributed by atoms with E-state index < -0.39 is 10.0 Å². The molecule has 0 bridgehead atoms. The molecule has 0 atom stereocenters. The van der Waals surface area contributed by atoms with E-state index in [1.165, 1.54) is 10.6 Å². The highest BCUT2D eigenvalue weighted by molar-refractivity contribution is 7.88. The molecule has 0 aromatic carbocycles. The van der Waals surface area contributed by atoms with Gasteiger partial charge in [-0.05, 0) is 33.0 Å². The lowest BCUT2D eigenvalue weighted by Gasteiger charge is -2.21. The van der Waals surface area contributed by atoms with E-state index in [2.05, 4.69) is 5.32 Å². The molecular weight excluding hydrogens is 278 g/mol. The van der Waals surface area contributed by atoms with Gasteiger partial charge in [0.25, 0.3) is 0 Å². The zero-order valence-corrected chi connectivity index (χ0v) is 14.2. The van der Waals surface area contributed by atoms with Gasteiger partial charge in [-0.15, -0.1) is 0 Å². The van der Waals surface area contributed by atoms with Crippen molar-refractivity contribution < 1.29 is 13.2 Å². The van der Waals surface area contributed by atoms with Crippen LogP contribution in [0.5, 0.6) is 0 Å². The van der Waals surface area contributed by atoms with E-state index in [0.717, 1.165) is 13.0 Å². The minimum absolute atomic E-state index is 0.0262.